The fourth-order valence-electron chi connectivity index (χ4n) is 2.53. The zero-order valence-corrected chi connectivity index (χ0v) is 13.9. The quantitative estimate of drug-likeness (QED) is 0.456. The van der Waals surface area contributed by atoms with E-state index in [9.17, 15) is 24.9 Å². The highest BCUT2D eigenvalue weighted by molar-refractivity contribution is 5.88. The van der Waals surface area contributed by atoms with E-state index in [1.807, 2.05) is 0 Å². The van der Waals surface area contributed by atoms with Crippen LogP contribution >= 0.6 is 0 Å². The van der Waals surface area contributed by atoms with Gasteiger partial charge in [-0.05, 0) is 24.3 Å². The smallest absolute Gasteiger partial charge is 0.223 e. The van der Waals surface area contributed by atoms with Crippen molar-refractivity contribution in [1.82, 2.24) is 5.32 Å². The minimum Gasteiger partial charge on any atom is -0.463 e. The van der Waals surface area contributed by atoms with Crippen molar-refractivity contribution in [3.8, 4) is 5.75 Å². The van der Waals surface area contributed by atoms with Gasteiger partial charge in [-0.1, -0.05) is 0 Å². The maximum Gasteiger partial charge on any atom is 0.223 e. The van der Waals surface area contributed by atoms with Crippen LogP contribution < -0.4 is 15.4 Å². The average molecular weight is 354 g/mol. The summed E-state index contributed by atoms with van der Waals surface area (Å²) >= 11 is 0. The summed E-state index contributed by atoms with van der Waals surface area (Å²) in [6.07, 6.45) is -4.92. The number of hydrogen-bond acceptors (Lipinski definition) is 7. The molecule has 2 rings (SSSR count). The Balaban J connectivity index is 2.15. The monoisotopic (exact) mass is 354 g/mol. The van der Waals surface area contributed by atoms with Crippen molar-refractivity contribution in [2.45, 2.75) is 44.5 Å². The van der Waals surface area contributed by atoms with Gasteiger partial charge in [0.2, 0.25) is 18.1 Å². The number of benzene rings is 1. The molecule has 0 aliphatic carbocycles. The number of carbonyl (C=O) groups is 2. The van der Waals surface area contributed by atoms with Crippen LogP contribution in [0, 0.1) is 0 Å². The number of aliphatic hydroxyl groups is 3. The van der Waals surface area contributed by atoms with Gasteiger partial charge in [0.1, 0.15) is 30.1 Å². The minimum atomic E-state index is -1.38. The summed E-state index contributed by atoms with van der Waals surface area (Å²) in [6.45, 7) is 2.13. The van der Waals surface area contributed by atoms with Crippen molar-refractivity contribution in [2.75, 3.05) is 11.9 Å². The Morgan fingerprint density at radius 2 is 1.76 bits per heavy atom. The zero-order chi connectivity index (χ0) is 18.6. The van der Waals surface area contributed by atoms with Crippen LogP contribution in [-0.2, 0) is 14.3 Å². The summed E-state index contributed by atoms with van der Waals surface area (Å²) in [5.41, 5.74) is 0.575. The molecular formula is C16H22N2O7. The summed E-state index contributed by atoms with van der Waals surface area (Å²) in [5.74, 6) is -0.287. The van der Waals surface area contributed by atoms with Crippen LogP contribution in [0.15, 0.2) is 24.3 Å². The molecule has 0 spiro atoms. The van der Waals surface area contributed by atoms with Gasteiger partial charge in [0.15, 0.2) is 0 Å². The molecule has 1 heterocycles. The third-order valence-electron chi connectivity index (χ3n) is 3.68. The van der Waals surface area contributed by atoms with E-state index < -0.39 is 43.2 Å². The molecule has 9 heteroatoms. The molecule has 0 radical (unpaired) electrons. The van der Waals surface area contributed by atoms with E-state index in [2.05, 4.69) is 10.6 Å². The van der Waals surface area contributed by atoms with Gasteiger partial charge in [0.05, 0.1) is 6.61 Å². The lowest BCUT2D eigenvalue weighted by atomic mass is 9.97. The number of carbonyl (C=O) groups excluding carboxylic acids is 2. The first-order chi connectivity index (χ1) is 11.8. The lowest BCUT2D eigenvalue weighted by molar-refractivity contribution is -0.244. The second-order valence-corrected chi connectivity index (χ2v) is 5.76. The Morgan fingerprint density at radius 3 is 2.28 bits per heavy atom. The van der Waals surface area contributed by atoms with E-state index in [4.69, 9.17) is 9.47 Å². The summed E-state index contributed by atoms with van der Waals surface area (Å²) in [6, 6.07) is 5.35. The van der Waals surface area contributed by atoms with E-state index in [0.29, 0.717) is 11.4 Å². The molecule has 0 unspecified atom stereocenters. The third kappa shape index (κ3) is 4.89. The van der Waals surface area contributed by atoms with E-state index in [1.54, 1.807) is 24.3 Å². The van der Waals surface area contributed by atoms with Crippen molar-refractivity contribution in [3.63, 3.8) is 0 Å². The van der Waals surface area contributed by atoms with Crippen molar-refractivity contribution in [1.29, 1.82) is 0 Å². The van der Waals surface area contributed by atoms with Crippen LogP contribution in [0.1, 0.15) is 13.8 Å². The van der Waals surface area contributed by atoms with Gasteiger partial charge in [-0.2, -0.15) is 0 Å². The second kappa shape index (κ2) is 8.26. The summed E-state index contributed by atoms with van der Waals surface area (Å²) in [7, 11) is 0. The maximum atomic E-state index is 11.4. The number of nitrogens with one attached hydrogen (secondary N) is 2. The standard InChI is InChI=1S/C16H22N2O7/c1-8(20)17-10-3-5-11(6-4-10)24-16-13(18-9(2)21)15(23)14(22)12(7-19)25-16/h3-6,12-16,19,22-23H,7H2,1-2H3,(H,17,20)(H,18,21)/t12-,13-,14+,15-,16+/m0/s1. The largest absolute Gasteiger partial charge is 0.463 e. The van der Waals surface area contributed by atoms with Crippen LogP contribution in [0.3, 0.4) is 0 Å². The molecule has 0 aromatic heterocycles. The van der Waals surface area contributed by atoms with E-state index >= 15 is 0 Å². The molecule has 0 saturated carbocycles. The van der Waals surface area contributed by atoms with Gasteiger partial charge >= 0.3 is 0 Å². The minimum absolute atomic E-state index is 0.210. The Morgan fingerprint density at radius 1 is 1.12 bits per heavy atom. The highest BCUT2D eigenvalue weighted by atomic mass is 16.7. The Labute approximate surface area is 144 Å². The Hall–Kier alpha value is -2.20. The molecule has 2 amide bonds. The molecule has 5 N–H and O–H groups in total. The highest BCUT2D eigenvalue weighted by Gasteiger charge is 2.46. The van der Waals surface area contributed by atoms with Crippen LogP contribution in [-0.4, -0.2) is 64.4 Å². The van der Waals surface area contributed by atoms with Gasteiger partial charge in [-0.25, -0.2) is 0 Å². The number of aliphatic hydroxyl groups excluding tert-OH is 3. The molecule has 1 aromatic rings. The molecule has 1 aromatic carbocycles. The van der Waals surface area contributed by atoms with Crippen molar-refractivity contribution in [2.24, 2.45) is 0 Å². The zero-order valence-electron chi connectivity index (χ0n) is 13.9. The Bertz CT molecular complexity index is 607. The molecule has 1 saturated heterocycles. The number of anilines is 1. The molecule has 1 aliphatic heterocycles. The van der Waals surface area contributed by atoms with Gasteiger partial charge in [-0.15, -0.1) is 0 Å². The first-order valence-corrected chi connectivity index (χ1v) is 7.75. The average Bonchev–Trinajstić information content (AvgIpc) is 2.55. The van der Waals surface area contributed by atoms with Gasteiger partial charge < -0.3 is 35.4 Å². The van der Waals surface area contributed by atoms with Gasteiger partial charge in [-0.3, -0.25) is 9.59 Å². The summed E-state index contributed by atoms with van der Waals surface area (Å²) in [5, 5.41) is 34.5. The van der Waals surface area contributed by atoms with Gasteiger partial charge in [0, 0.05) is 19.5 Å². The van der Waals surface area contributed by atoms with E-state index in [0.717, 1.165) is 0 Å². The molecule has 9 nitrogen and oxygen atoms in total. The molecule has 1 fully saturated rings. The van der Waals surface area contributed by atoms with Crippen LogP contribution in [0.25, 0.3) is 0 Å². The predicted octanol–water partition coefficient (Wildman–Crippen LogP) is -1.03. The lowest BCUT2D eigenvalue weighted by Crippen LogP contribution is -2.65. The number of amides is 2. The maximum absolute atomic E-state index is 11.4. The molecule has 138 valence electrons. The molecule has 5 atom stereocenters. The van der Waals surface area contributed by atoms with Crippen LogP contribution in [0.4, 0.5) is 5.69 Å². The number of ether oxygens (including phenoxy) is 2. The topological polar surface area (TPSA) is 137 Å². The Kier molecular flexibility index (Phi) is 6.32. The summed E-state index contributed by atoms with van der Waals surface area (Å²) in [4.78, 5) is 22.4. The van der Waals surface area contributed by atoms with Crippen LogP contribution in [0.2, 0.25) is 0 Å². The second-order valence-electron chi connectivity index (χ2n) is 5.76. The molecule has 0 bridgehead atoms. The normalized spacial score (nSPS) is 28.9. The third-order valence-corrected chi connectivity index (χ3v) is 3.68. The fraction of sp³-hybridized carbons (Fsp3) is 0.500. The highest BCUT2D eigenvalue weighted by Crippen LogP contribution is 2.25. The SMILES string of the molecule is CC(=O)Nc1ccc(O[C@@H]2O[C@@H](CO)[C@@H](O)[C@@H](O)[C@@H]2NC(C)=O)cc1. The lowest BCUT2D eigenvalue weighted by Gasteiger charge is -2.42. The predicted molar refractivity (Wildman–Crippen MR) is 86.7 cm³/mol. The summed E-state index contributed by atoms with van der Waals surface area (Å²) < 4.78 is 11.1. The van der Waals surface area contributed by atoms with Crippen molar-refractivity contribution in [3.05, 3.63) is 24.3 Å². The molecule has 25 heavy (non-hydrogen) atoms. The van der Waals surface area contributed by atoms with Crippen molar-refractivity contribution >= 4 is 17.5 Å². The van der Waals surface area contributed by atoms with Crippen LogP contribution in [0.5, 0.6) is 5.75 Å². The van der Waals surface area contributed by atoms with Gasteiger partial charge in [0.25, 0.3) is 0 Å². The first-order valence-electron chi connectivity index (χ1n) is 7.75. The number of rotatable bonds is 5. The molecular weight excluding hydrogens is 332 g/mol. The van der Waals surface area contributed by atoms with E-state index in [-0.39, 0.29) is 5.91 Å². The molecule has 1 aliphatic rings. The first kappa shape index (κ1) is 19.1. The van der Waals surface area contributed by atoms with Crippen molar-refractivity contribution < 1.29 is 34.4 Å². The van der Waals surface area contributed by atoms with E-state index in [1.165, 1.54) is 13.8 Å². The fourth-order valence-corrected chi connectivity index (χ4v) is 2.53. The number of hydrogen-bond donors (Lipinski definition) is 5.